The zero-order valence-electron chi connectivity index (χ0n) is 43.5. The Bertz CT molecular complexity index is 4550. The van der Waals surface area contributed by atoms with Crippen molar-refractivity contribution < 1.29 is 0 Å². The molecule has 0 aliphatic heterocycles. The minimum absolute atomic E-state index is 0.253. The van der Waals surface area contributed by atoms with E-state index in [0.29, 0.717) is 122 Å². The van der Waals surface area contributed by atoms with Crippen LogP contribution in [0.25, 0.3) is 111 Å². The van der Waals surface area contributed by atoms with E-state index in [4.69, 9.17) is 4.98 Å². The maximum Gasteiger partial charge on any atom is 0.104 e. The summed E-state index contributed by atoms with van der Waals surface area (Å²) in [6.45, 7) is 3.84. The van der Waals surface area contributed by atoms with E-state index >= 15 is 0 Å². The molecule has 0 spiro atoms. The van der Waals surface area contributed by atoms with Gasteiger partial charge in [-0.1, -0.05) is 48.5 Å². The quantitative estimate of drug-likeness (QED) is 0.146. The SMILES string of the molecule is Cc1cc(-c2cc(-n3c4cc(-c5cc(C#N)cc(C#N)c5)ccc4c4ccc(-c5cc(C#N)cc(C#N)c5)cc43)c(C#N)c(-n3c4cc(-c5cc(C#N)cc(C#N)c5)ccc4c4ccc(-c5cc(C#N)cc(C#N)c5)cc43)c2)cc(C)n1. The Morgan fingerprint density at radius 3 is 0.720 bits per heavy atom. The molecule has 12 rings (SSSR count). The lowest BCUT2D eigenvalue weighted by atomic mass is 9.98. The van der Waals surface area contributed by atoms with E-state index in [9.17, 15) is 47.4 Å². The van der Waals surface area contributed by atoms with Crippen LogP contribution in [0.3, 0.4) is 0 Å². The highest BCUT2D eigenvalue weighted by atomic mass is 15.0. The second-order valence-electron chi connectivity index (χ2n) is 19.8. The Labute approximate surface area is 469 Å². The largest absolute Gasteiger partial charge is 0.308 e. The summed E-state index contributed by atoms with van der Waals surface area (Å²) >= 11 is 0. The molecular weight excluding hydrogens is 1010 g/mol. The average Bonchev–Trinajstić information content (AvgIpc) is 4.26. The Balaban J connectivity index is 1.25. The minimum atomic E-state index is 0.253. The van der Waals surface area contributed by atoms with Gasteiger partial charge in [0.1, 0.15) is 11.6 Å². The normalized spacial score (nSPS) is 10.7. The second kappa shape index (κ2) is 19.9. The van der Waals surface area contributed by atoms with Crippen molar-refractivity contribution in [3.8, 4) is 122 Å². The van der Waals surface area contributed by atoms with Gasteiger partial charge in [-0.05, 0) is 191 Å². The molecule has 12 heteroatoms. The molecule has 12 nitrogen and oxygen atoms in total. The first-order valence-electron chi connectivity index (χ1n) is 25.5. The van der Waals surface area contributed by atoms with Gasteiger partial charge in [-0.25, -0.2) is 0 Å². The van der Waals surface area contributed by atoms with Crippen molar-refractivity contribution in [3.63, 3.8) is 0 Å². The summed E-state index contributed by atoms with van der Waals surface area (Å²) in [6, 6.07) is 71.8. The van der Waals surface area contributed by atoms with Gasteiger partial charge in [-0.2, -0.15) is 47.4 Å². The highest BCUT2D eigenvalue weighted by Gasteiger charge is 2.25. The summed E-state index contributed by atoms with van der Waals surface area (Å²) < 4.78 is 4.09. The summed E-state index contributed by atoms with van der Waals surface area (Å²) in [4.78, 5) is 4.73. The molecule has 3 aromatic heterocycles. The Hall–Kier alpha value is -12.9. The summed E-state index contributed by atoms with van der Waals surface area (Å²) in [5.41, 5.74) is 14.8. The van der Waals surface area contributed by atoms with E-state index in [0.717, 1.165) is 44.1 Å². The monoisotopic (exact) mass is 1040 g/mol. The zero-order valence-corrected chi connectivity index (χ0v) is 43.5. The first-order chi connectivity index (χ1) is 39.9. The van der Waals surface area contributed by atoms with Gasteiger partial charge in [0, 0.05) is 32.9 Å². The van der Waals surface area contributed by atoms with Gasteiger partial charge < -0.3 is 9.13 Å². The molecule has 9 aromatic carbocycles. The van der Waals surface area contributed by atoms with Crippen molar-refractivity contribution in [3.05, 3.63) is 231 Å². The van der Waals surface area contributed by atoms with Gasteiger partial charge >= 0.3 is 0 Å². The molecular formula is C70H34N12. The highest BCUT2D eigenvalue weighted by molar-refractivity contribution is 6.13. The minimum Gasteiger partial charge on any atom is -0.308 e. The van der Waals surface area contributed by atoms with Crippen LogP contribution in [0.4, 0.5) is 0 Å². The lowest BCUT2D eigenvalue weighted by molar-refractivity contribution is 1.11. The van der Waals surface area contributed by atoms with Crippen molar-refractivity contribution in [2.45, 2.75) is 13.8 Å². The number of hydrogen-bond donors (Lipinski definition) is 0. The van der Waals surface area contributed by atoms with E-state index in [1.165, 1.54) is 24.3 Å². The smallest absolute Gasteiger partial charge is 0.104 e. The van der Waals surface area contributed by atoms with Crippen LogP contribution in [0.15, 0.2) is 170 Å². The van der Waals surface area contributed by atoms with Gasteiger partial charge in [-0.15, -0.1) is 0 Å². The number of rotatable bonds is 7. The summed E-state index contributed by atoms with van der Waals surface area (Å²) in [5.74, 6) is 0. The van der Waals surface area contributed by atoms with Crippen LogP contribution in [-0.4, -0.2) is 14.1 Å². The van der Waals surface area contributed by atoms with E-state index in [2.05, 4.69) is 54.6 Å². The first-order valence-corrected chi connectivity index (χ1v) is 25.5. The van der Waals surface area contributed by atoms with Gasteiger partial charge in [0.25, 0.3) is 0 Å². The van der Waals surface area contributed by atoms with Crippen LogP contribution >= 0.6 is 0 Å². The van der Waals surface area contributed by atoms with Gasteiger partial charge in [0.2, 0.25) is 0 Å². The molecule has 82 heavy (non-hydrogen) atoms. The molecule has 0 saturated carbocycles. The molecule has 0 amide bonds. The second-order valence-corrected chi connectivity index (χ2v) is 19.8. The van der Waals surface area contributed by atoms with Crippen molar-refractivity contribution in [1.29, 1.82) is 47.4 Å². The third-order valence-corrected chi connectivity index (χ3v) is 14.7. The lowest BCUT2D eigenvalue weighted by Crippen LogP contribution is -2.06. The molecule has 0 aliphatic carbocycles. The maximum atomic E-state index is 12.1. The Morgan fingerprint density at radius 1 is 0.256 bits per heavy atom. The van der Waals surface area contributed by atoms with Gasteiger partial charge in [-0.3, -0.25) is 4.98 Å². The molecule has 0 fully saturated rings. The fourth-order valence-corrected chi connectivity index (χ4v) is 11.2. The molecule has 0 atom stereocenters. The van der Waals surface area contributed by atoms with Crippen LogP contribution in [0.5, 0.6) is 0 Å². The predicted octanol–water partition coefficient (Wildman–Crippen LogP) is 15.1. The van der Waals surface area contributed by atoms with Crippen molar-refractivity contribution in [1.82, 2.24) is 14.1 Å². The molecule has 12 aromatic rings. The fraction of sp³-hybridized carbons (Fsp3) is 0.0286. The molecule has 0 saturated heterocycles. The number of pyridine rings is 1. The van der Waals surface area contributed by atoms with Crippen molar-refractivity contribution in [2.24, 2.45) is 0 Å². The van der Waals surface area contributed by atoms with Gasteiger partial charge in [0.05, 0.1) is 127 Å². The topological polar surface area (TPSA) is 237 Å². The van der Waals surface area contributed by atoms with E-state index in [1.807, 2.05) is 120 Å². The first kappa shape index (κ1) is 50.0. The number of nitrogens with zero attached hydrogens (tertiary/aromatic N) is 12. The predicted molar refractivity (Wildman–Crippen MR) is 312 cm³/mol. The molecule has 0 bridgehead atoms. The average molecular weight is 1040 g/mol. The molecule has 3 heterocycles. The standard InChI is InChI=1S/C70H34N12/c1-40-11-54(12-41(2)80-40)59-29-69(81-65-25-50(55-17-42(31-71)13-43(18-55)32-72)3-7-60(65)61-8-4-51(26-66(61)81)56-19-44(33-73)14-45(20-56)34-74)64(39-79)70(30-59)82-67-27-52(57-21-46(35-75)15-47(22-57)36-76)5-9-62(67)63-10-6-53(28-68(63)82)58-23-48(37-77)16-49(24-58)38-78/h3-30H,1-2H3. The number of fused-ring (bicyclic) bond motifs is 6. The Morgan fingerprint density at radius 2 is 0.488 bits per heavy atom. The highest BCUT2D eigenvalue weighted by Crippen LogP contribution is 2.44. The summed E-state index contributed by atoms with van der Waals surface area (Å²) in [5, 5.41) is 95.9. The van der Waals surface area contributed by atoms with Crippen molar-refractivity contribution in [2.75, 3.05) is 0 Å². The number of hydrogen-bond acceptors (Lipinski definition) is 10. The number of aromatic nitrogens is 3. The van der Waals surface area contributed by atoms with Crippen LogP contribution < -0.4 is 0 Å². The number of nitriles is 9. The van der Waals surface area contributed by atoms with Crippen molar-refractivity contribution >= 4 is 43.6 Å². The molecule has 0 radical (unpaired) electrons. The maximum absolute atomic E-state index is 12.1. The molecule has 374 valence electrons. The van der Waals surface area contributed by atoms with E-state index in [1.54, 1.807) is 48.5 Å². The summed E-state index contributed by atoms with van der Waals surface area (Å²) in [7, 11) is 0. The lowest BCUT2D eigenvalue weighted by Gasteiger charge is -2.19. The zero-order chi connectivity index (χ0) is 56.9. The number of aryl methyl sites for hydroxylation is 2. The molecule has 0 N–H and O–H groups in total. The summed E-state index contributed by atoms with van der Waals surface area (Å²) in [6.07, 6.45) is 0. The van der Waals surface area contributed by atoms with E-state index in [-0.39, 0.29) is 5.56 Å². The van der Waals surface area contributed by atoms with Crippen LogP contribution in [-0.2, 0) is 0 Å². The molecule has 0 unspecified atom stereocenters. The van der Waals surface area contributed by atoms with Crippen LogP contribution in [0.2, 0.25) is 0 Å². The van der Waals surface area contributed by atoms with Gasteiger partial charge in [0.15, 0.2) is 0 Å². The fourth-order valence-electron chi connectivity index (χ4n) is 11.2. The third-order valence-electron chi connectivity index (χ3n) is 14.7. The third kappa shape index (κ3) is 8.57. The van der Waals surface area contributed by atoms with E-state index < -0.39 is 0 Å². The number of benzene rings is 9. The van der Waals surface area contributed by atoms with Crippen LogP contribution in [0.1, 0.15) is 61.5 Å². The molecule has 0 aliphatic rings. The Kier molecular flexibility index (Phi) is 12.1. The van der Waals surface area contributed by atoms with Crippen LogP contribution in [0, 0.1) is 116 Å².